The molecular formula is C9H8BrClO3. The Hall–Kier alpha value is -0.740. The van der Waals surface area contributed by atoms with E-state index in [4.69, 9.17) is 16.3 Å². The van der Waals surface area contributed by atoms with Crippen molar-refractivity contribution in [2.75, 3.05) is 14.2 Å². The third kappa shape index (κ3) is 2.19. The van der Waals surface area contributed by atoms with Crippen molar-refractivity contribution in [3.63, 3.8) is 0 Å². The maximum atomic E-state index is 11.3. The summed E-state index contributed by atoms with van der Waals surface area (Å²) in [7, 11) is 2.81. The van der Waals surface area contributed by atoms with Crippen molar-refractivity contribution in [2.45, 2.75) is 0 Å². The highest BCUT2D eigenvalue weighted by Crippen LogP contribution is 2.31. The van der Waals surface area contributed by atoms with Crippen LogP contribution in [0.1, 0.15) is 10.4 Å². The van der Waals surface area contributed by atoms with Gasteiger partial charge in [0.25, 0.3) is 0 Å². The van der Waals surface area contributed by atoms with Crippen LogP contribution >= 0.6 is 27.5 Å². The van der Waals surface area contributed by atoms with Crippen LogP contribution in [0.15, 0.2) is 16.6 Å². The molecule has 0 aromatic heterocycles. The molecule has 0 amide bonds. The second-order valence-corrected chi connectivity index (χ2v) is 3.69. The van der Waals surface area contributed by atoms with E-state index in [1.54, 1.807) is 6.07 Å². The van der Waals surface area contributed by atoms with Crippen LogP contribution in [0.25, 0.3) is 0 Å². The van der Waals surface area contributed by atoms with Crippen molar-refractivity contribution >= 4 is 33.5 Å². The fraction of sp³-hybridized carbons (Fsp3) is 0.222. The molecule has 0 saturated heterocycles. The Labute approximate surface area is 95.1 Å². The molecule has 0 radical (unpaired) electrons. The number of halogens is 2. The summed E-state index contributed by atoms with van der Waals surface area (Å²) in [5.74, 6) is 0.0521. The molecule has 0 aliphatic carbocycles. The predicted molar refractivity (Wildman–Crippen MR) is 57.0 cm³/mol. The van der Waals surface area contributed by atoms with E-state index in [2.05, 4.69) is 20.7 Å². The molecule has 0 fully saturated rings. The minimum Gasteiger partial charge on any atom is -0.497 e. The molecule has 0 unspecified atom stereocenters. The monoisotopic (exact) mass is 278 g/mol. The van der Waals surface area contributed by atoms with Gasteiger partial charge in [-0.05, 0) is 28.1 Å². The second-order valence-electron chi connectivity index (χ2n) is 2.46. The Bertz CT molecular complexity index is 365. The van der Waals surface area contributed by atoms with Gasteiger partial charge in [0, 0.05) is 4.47 Å². The number of rotatable bonds is 2. The molecule has 0 aliphatic heterocycles. The summed E-state index contributed by atoms with van der Waals surface area (Å²) in [6.07, 6.45) is 0. The van der Waals surface area contributed by atoms with Crippen LogP contribution in [0.2, 0.25) is 5.02 Å². The first-order valence-corrected chi connectivity index (χ1v) is 4.88. The zero-order chi connectivity index (χ0) is 10.7. The lowest BCUT2D eigenvalue weighted by Gasteiger charge is -2.07. The van der Waals surface area contributed by atoms with Crippen LogP contribution in [0, 0.1) is 0 Å². The summed E-state index contributed by atoms with van der Waals surface area (Å²) in [6, 6.07) is 3.20. The van der Waals surface area contributed by atoms with E-state index in [0.717, 1.165) is 0 Å². The van der Waals surface area contributed by atoms with Crippen LogP contribution < -0.4 is 4.74 Å². The lowest BCUT2D eigenvalue weighted by molar-refractivity contribution is 0.0600. The number of hydrogen-bond donors (Lipinski definition) is 0. The standard InChI is InChI=1S/C9H8BrClO3/c1-13-5-3-6(9(12)14-2)8(11)7(10)4-5/h3-4H,1-2H3. The minimum atomic E-state index is -0.491. The molecule has 0 heterocycles. The summed E-state index contributed by atoms with van der Waals surface area (Å²) >= 11 is 9.11. The lowest BCUT2D eigenvalue weighted by Crippen LogP contribution is -2.03. The highest BCUT2D eigenvalue weighted by atomic mass is 79.9. The van der Waals surface area contributed by atoms with Crippen LogP contribution in [-0.2, 0) is 4.74 Å². The van der Waals surface area contributed by atoms with Crippen molar-refractivity contribution in [3.05, 3.63) is 27.2 Å². The molecule has 1 aromatic carbocycles. The van der Waals surface area contributed by atoms with Crippen molar-refractivity contribution in [1.29, 1.82) is 0 Å². The van der Waals surface area contributed by atoms with Gasteiger partial charge in [-0.1, -0.05) is 11.6 Å². The first-order valence-electron chi connectivity index (χ1n) is 3.71. The summed E-state index contributed by atoms with van der Waals surface area (Å²) in [4.78, 5) is 11.3. The van der Waals surface area contributed by atoms with E-state index in [1.807, 2.05) is 0 Å². The van der Waals surface area contributed by atoms with E-state index in [-0.39, 0.29) is 5.56 Å². The average Bonchev–Trinajstić information content (AvgIpc) is 2.20. The third-order valence-electron chi connectivity index (χ3n) is 1.64. The van der Waals surface area contributed by atoms with Crippen molar-refractivity contribution < 1.29 is 14.3 Å². The van der Waals surface area contributed by atoms with Gasteiger partial charge < -0.3 is 9.47 Å². The molecule has 3 nitrogen and oxygen atoms in total. The summed E-state index contributed by atoms with van der Waals surface area (Å²) in [5.41, 5.74) is 0.278. The quantitative estimate of drug-likeness (QED) is 0.781. The van der Waals surface area contributed by atoms with Crippen molar-refractivity contribution in [1.82, 2.24) is 0 Å². The van der Waals surface area contributed by atoms with Gasteiger partial charge in [0.2, 0.25) is 0 Å². The molecule has 0 aliphatic rings. The SMILES string of the molecule is COC(=O)c1cc(OC)cc(Br)c1Cl. The molecule has 14 heavy (non-hydrogen) atoms. The maximum absolute atomic E-state index is 11.3. The van der Waals surface area contributed by atoms with Gasteiger partial charge in [0.15, 0.2) is 0 Å². The smallest absolute Gasteiger partial charge is 0.339 e. The minimum absolute atomic E-state index is 0.278. The van der Waals surface area contributed by atoms with Gasteiger partial charge in [-0.3, -0.25) is 0 Å². The zero-order valence-corrected chi connectivity index (χ0v) is 9.98. The molecule has 0 N–H and O–H groups in total. The summed E-state index contributed by atoms with van der Waals surface area (Å²) in [6.45, 7) is 0. The van der Waals surface area contributed by atoms with E-state index in [0.29, 0.717) is 15.2 Å². The second kappa shape index (κ2) is 4.66. The maximum Gasteiger partial charge on any atom is 0.339 e. The molecule has 0 spiro atoms. The Balaban J connectivity index is 3.27. The summed E-state index contributed by atoms with van der Waals surface area (Å²) in [5, 5.41) is 0.317. The van der Waals surface area contributed by atoms with Crippen molar-refractivity contribution in [3.8, 4) is 5.75 Å². The molecule has 76 valence electrons. The number of carbonyl (C=O) groups is 1. The molecule has 0 bridgehead atoms. The first kappa shape index (κ1) is 11.3. The highest BCUT2D eigenvalue weighted by Gasteiger charge is 2.14. The van der Waals surface area contributed by atoms with E-state index >= 15 is 0 Å². The average molecular weight is 280 g/mol. The molecule has 0 saturated carbocycles. The topological polar surface area (TPSA) is 35.5 Å². The predicted octanol–water partition coefficient (Wildman–Crippen LogP) is 2.90. The van der Waals surface area contributed by atoms with Crippen LogP contribution in [0.4, 0.5) is 0 Å². The number of esters is 1. The zero-order valence-electron chi connectivity index (χ0n) is 7.64. The Morgan fingerprint density at radius 3 is 2.57 bits per heavy atom. The number of methoxy groups -OCH3 is 2. The molecule has 5 heteroatoms. The van der Waals surface area contributed by atoms with Crippen LogP contribution in [0.5, 0.6) is 5.75 Å². The van der Waals surface area contributed by atoms with Gasteiger partial charge in [-0.15, -0.1) is 0 Å². The van der Waals surface area contributed by atoms with E-state index in [9.17, 15) is 4.79 Å². The number of ether oxygens (including phenoxy) is 2. The fourth-order valence-electron chi connectivity index (χ4n) is 0.941. The van der Waals surface area contributed by atoms with Gasteiger partial charge in [0.05, 0.1) is 24.8 Å². The number of carbonyl (C=O) groups excluding carboxylic acids is 1. The molecule has 1 aromatic rings. The van der Waals surface area contributed by atoms with Gasteiger partial charge in [-0.25, -0.2) is 4.79 Å². The van der Waals surface area contributed by atoms with E-state index < -0.39 is 5.97 Å². The normalized spacial score (nSPS) is 9.71. The molecular weight excluding hydrogens is 271 g/mol. The van der Waals surface area contributed by atoms with Gasteiger partial charge in [-0.2, -0.15) is 0 Å². The molecule has 0 atom stereocenters. The Morgan fingerprint density at radius 1 is 1.43 bits per heavy atom. The van der Waals surface area contributed by atoms with Crippen molar-refractivity contribution in [2.24, 2.45) is 0 Å². The Kier molecular flexibility index (Phi) is 3.77. The largest absolute Gasteiger partial charge is 0.497 e. The van der Waals surface area contributed by atoms with Crippen LogP contribution in [0.3, 0.4) is 0 Å². The number of benzene rings is 1. The van der Waals surface area contributed by atoms with Crippen LogP contribution in [-0.4, -0.2) is 20.2 Å². The summed E-state index contributed by atoms with van der Waals surface area (Å²) < 4.78 is 10.2. The first-order chi connectivity index (χ1) is 6.60. The Morgan fingerprint density at radius 2 is 2.07 bits per heavy atom. The number of hydrogen-bond acceptors (Lipinski definition) is 3. The third-order valence-corrected chi connectivity index (χ3v) is 2.90. The van der Waals surface area contributed by atoms with Gasteiger partial charge in [0.1, 0.15) is 5.75 Å². The molecule has 1 rings (SSSR count). The lowest BCUT2D eigenvalue weighted by atomic mass is 10.2. The highest BCUT2D eigenvalue weighted by molar-refractivity contribution is 9.10. The van der Waals surface area contributed by atoms with E-state index in [1.165, 1.54) is 20.3 Å². The van der Waals surface area contributed by atoms with Gasteiger partial charge >= 0.3 is 5.97 Å². The fourth-order valence-corrected chi connectivity index (χ4v) is 1.57.